The van der Waals surface area contributed by atoms with Crippen molar-refractivity contribution in [1.29, 1.82) is 0 Å². The van der Waals surface area contributed by atoms with E-state index < -0.39 is 5.97 Å². The van der Waals surface area contributed by atoms with Gasteiger partial charge in [-0.1, -0.05) is 101 Å². The molecule has 0 aliphatic rings. The molecule has 0 saturated heterocycles. The molecule has 0 rings (SSSR count). The van der Waals surface area contributed by atoms with E-state index in [9.17, 15) is 14.4 Å². The minimum Gasteiger partial charge on any atom is -0.481 e. The molecule has 13 nitrogen and oxygen atoms in total. The number of unbranched alkanes of at least 4 members (excludes halogenated alkanes) is 5. The molecule has 0 aromatic heterocycles. The molecule has 0 bridgehead atoms. The number of aldehydes is 2. The number of rotatable bonds is 22. The van der Waals surface area contributed by atoms with Crippen LogP contribution >= 0.6 is 0 Å². The zero-order valence-corrected chi connectivity index (χ0v) is 39.3. The van der Waals surface area contributed by atoms with Crippen molar-refractivity contribution in [2.24, 2.45) is 11.3 Å². The minimum atomic E-state index is -0.833. The Hall–Kier alpha value is -2.74. The molecular weight excluding hydrogens is 700 g/mol. The quantitative estimate of drug-likeness (QED) is 0.0581. The van der Waals surface area contributed by atoms with Gasteiger partial charge in [0.2, 0.25) is 12.8 Å². The Bertz CT molecular complexity index is 694. The molecule has 13 heteroatoms. The van der Waals surface area contributed by atoms with E-state index in [0.29, 0.717) is 24.3 Å². The molecule has 0 aliphatic carbocycles. The highest BCUT2D eigenvalue weighted by Crippen LogP contribution is 2.19. The van der Waals surface area contributed by atoms with E-state index >= 15 is 0 Å². The maximum absolute atomic E-state index is 9.57. The minimum absolute atomic E-state index is 0.324. The van der Waals surface area contributed by atoms with Gasteiger partial charge in [0.25, 0.3) is 5.97 Å². The predicted molar refractivity (Wildman–Crippen MR) is 238 cm³/mol. The van der Waals surface area contributed by atoms with Crippen LogP contribution in [-0.4, -0.2) is 134 Å². The van der Waals surface area contributed by atoms with Crippen LogP contribution in [0.2, 0.25) is 0 Å². The number of nitrogens with zero attached hydrogens (tertiary/aromatic N) is 2. The molecule has 0 aromatic carbocycles. The van der Waals surface area contributed by atoms with Gasteiger partial charge in [0, 0.05) is 39.0 Å². The van der Waals surface area contributed by atoms with Gasteiger partial charge in [-0.25, -0.2) is 0 Å². The predicted octanol–water partition coefficient (Wildman–Crippen LogP) is 6.72. The average molecular weight is 797 g/mol. The van der Waals surface area contributed by atoms with Crippen LogP contribution in [0.1, 0.15) is 147 Å². The van der Waals surface area contributed by atoms with E-state index in [1.807, 2.05) is 41.5 Å². The Morgan fingerprint density at radius 3 is 1.53 bits per heavy atom. The Labute approximate surface area is 341 Å². The Morgan fingerprint density at radius 2 is 1.24 bits per heavy atom. The molecule has 0 spiro atoms. The topological polar surface area (TPSA) is 177 Å². The lowest BCUT2D eigenvalue weighted by Gasteiger charge is -2.34. The van der Waals surface area contributed by atoms with Crippen molar-refractivity contribution in [3.05, 3.63) is 0 Å². The zero-order chi connectivity index (χ0) is 45.4. The van der Waals surface area contributed by atoms with Crippen molar-refractivity contribution in [3.8, 4) is 0 Å². The first-order chi connectivity index (χ1) is 26.0. The van der Waals surface area contributed by atoms with E-state index in [4.69, 9.17) is 19.5 Å². The molecule has 2 atom stereocenters. The fraction of sp³-hybridized carbons (Fsp3) is 0.857. The number of carbonyl (C=O) groups excluding carboxylic acids is 5. The largest absolute Gasteiger partial charge is 0.481 e. The van der Waals surface area contributed by atoms with Gasteiger partial charge in [-0.05, 0) is 99.3 Å². The van der Waals surface area contributed by atoms with Gasteiger partial charge in [-0.3, -0.25) is 14.4 Å². The number of nitrogens with one attached hydrogen (secondary N) is 4. The maximum Gasteiger partial charge on any atom is 0.300 e. The van der Waals surface area contributed by atoms with Gasteiger partial charge in [0.05, 0.1) is 0 Å². The lowest BCUT2D eigenvalue weighted by molar-refractivity contribution is -0.134. The summed E-state index contributed by atoms with van der Waals surface area (Å²) in [5.74, 6) is 0.0247. The third-order valence-corrected chi connectivity index (χ3v) is 6.60. The van der Waals surface area contributed by atoms with Crippen LogP contribution in [0.5, 0.6) is 0 Å². The van der Waals surface area contributed by atoms with Crippen LogP contribution in [0.4, 0.5) is 0 Å². The van der Waals surface area contributed by atoms with Gasteiger partial charge in [0.15, 0.2) is 0 Å². The molecule has 1 unspecified atom stereocenters. The number of carboxylic acid groups (broad SMARTS) is 1. The molecule has 336 valence electrons. The summed E-state index contributed by atoms with van der Waals surface area (Å²) in [7, 11) is 10.6. The van der Waals surface area contributed by atoms with Crippen LogP contribution in [0.15, 0.2) is 0 Å². The Morgan fingerprint density at radius 1 is 0.800 bits per heavy atom. The standard InChI is InChI=1S/C13H31N3.C11H25N.C5H11NO.C3H7NO.C3H6O.C2H4O2.C2H4O.C2H6.CH2O/c1-13(2,3)12(14-4)11-16(7)10-8-9-15(5)6;1-4-5-6-7-8-9-11(2)10-12-3;1-2-3-4-6-5-7;1-2-4-3-5;1-2-3-4;1-2(3)4;1-2-3;2*1-2/h12,14H,8-11H2,1-7H3;11-12H,4-10H2,1-3H3;5H,2-4H2,1H3,(H,6,7);3H,2H2,1H3,(H,4,5);3H,2H2,1H3;1H3,(H,3,4);2H,1H3;1-2H3;1H2/t12-;;;;;;;;/m1......../s1. The normalized spacial score (nSPS) is 10.2. The summed E-state index contributed by atoms with van der Waals surface area (Å²) in [6, 6.07) is 0.553. The number of hydrogen-bond acceptors (Lipinski definition) is 10. The molecule has 5 N–H and O–H groups in total. The number of aliphatic carboxylic acids is 1. The molecular formula is C42H96N6O7. The molecule has 0 aliphatic heterocycles. The fourth-order valence-electron chi connectivity index (χ4n) is 3.83. The summed E-state index contributed by atoms with van der Waals surface area (Å²) >= 11 is 0. The number of hydrogen-bond donors (Lipinski definition) is 5. The fourth-order valence-corrected chi connectivity index (χ4v) is 3.83. The molecule has 0 fully saturated rings. The number of carbonyl (C=O) groups is 6. The summed E-state index contributed by atoms with van der Waals surface area (Å²) in [6.07, 6.45) is 15.6. The van der Waals surface area contributed by atoms with Gasteiger partial charge < -0.3 is 50.6 Å². The van der Waals surface area contributed by atoms with E-state index in [1.54, 1.807) is 0 Å². The third-order valence-electron chi connectivity index (χ3n) is 6.60. The highest BCUT2D eigenvalue weighted by Gasteiger charge is 2.23. The lowest BCUT2D eigenvalue weighted by Crippen LogP contribution is -2.46. The maximum atomic E-state index is 9.57. The Kier molecular flexibility index (Phi) is 96.7. The van der Waals surface area contributed by atoms with Gasteiger partial charge >= 0.3 is 0 Å². The summed E-state index contributed by atoms with van der Waals surface area (Å²) in [4.78, 5) is 58.5. The van der Waals surface area contributed by atoms with E-state index in [-0.39, 0.29) is 0 Å². The summed E-state index contributed by atoms with van der Waals surface area (Å²) in [5.41, 5.74) is 0.324. The molecule has 2 amide bonds. The second-order valence-electron chi connectivity index (χ2n) is 13.4. The SMILES string of the molecule is C=O.CC.CC(=O)O.CC=O.CCC=O.CCCCCCCC(C)CNC.CCCCNC=O.CCNC=O.CN[C@H](CN(C)CCCN(C)C)C(C)(C)C. The second kappa shape index (κ2) is 72.5. The van der Waals surface area contributed by atoms with Crippen molar-refractivity contribution in [2.75, 3.05) is 74.5 Å². The van der Waals surface area contributed by atoms with Crippen molar-refractivity contribution in [2.45, 2.75) is 153 Å². The number of carboxylic acids is 1. The van der Waals surface area contributed by atoms with Crippen LogP contribution in [0.25, 0.3) is 0 Å². The summed E-state index contributed by atoms with van der Waals surface area (Å²) in [6.45, 7) is 32.0. The van der Waals surface area contributed by atoms with Gasteiger partial charge in [0.1, 0.15) is 19.4 Å². The van der Waals surface area contributed by atoms with Crippen LogP contribution in [0, 0.1) is 11.3 Å². The van der Waals surface area contributed by atoms with Crippen LogP contribution in [0.3, 0.4) is 0 Å². The number of amides is 2. The van der Waals surface area contributed by atoms with Crippen molar-refractivity contribution < 1.29 is 33.9 Å². The first-order valence-electron chi connectivity index (χ1n) is 20.3. The number of likely N-dealkylation sites (N-methyl/N-ethyl adjacent to an activating group) is 2. The first-order valence-corrected chi connectivity index (χ1v) is 20.3. The smallest absolute Gasteiger partial charge is 0.300 e. The van der Waals surface area contributed by atoms with Gasteiger partial charge in [-0.15, -0.1) is 0 Å². The lowest BCUT2D eigenvalue weighted by atomic mass is 9.86. The summed E-state index contributed by atoms with van der Waals surface area (Å²) in [5, 5.41) is 19.1. The molecule has 55 heavy (non-hydrogen) atoms. The Balaban J connectivity index is -0.0000000683. The molecule has 0 saturated carbocycles. The molecule has 0 heterocycles. The van der Waals surface area contributed by atoms with Crippen molar-refractivity contribution in [3.63, 3.8) is 0 Å². The van der Waals surface area contributed by atoms with E-state index in [2.05, 4.69) is 101 Å². The van der Waals surface area contributed by atoms with Crippen LogP contribution in [-0.2, 0) is 28.8 Å². The molecule has 0 aromatic rings. The monoisotopic (exact) mass is 797 g/mol. The highest BCUT2D eigenvalue weighted by molar-refractivity contribution is 5.63. The van der Waals surface area contributed by atoms with Crippen LogP contribution < -0.4 is 21.3 Å². The summed E-state index contributed by atoms with van der Waals surface area (Å²) < 4.78 is 0. The van der Waals surface area contributed by atoms with Gasteiger partial charge in [-0.2, -0.15) is 0 Å². The van der Waals surface area contributed by atoms with Crippen molar-refractivity contribution in [1.82, 2.24) is 31.1 Å². The van der Waals surface area contributed by atoms with E-state index in [0.717, 1.165) is 64.3 Å². The first kappa shape index (κ1) is 73.4. The molecule has 0 radical (unpaired) electrons. The van der Waals surface area contributed by atoms with E-state index in [1.165, 1.54) is 71.5 Å². The van der Waals surface area contributed by atoms with Crippen molar-refractivity contribution >= 4 is 38.2 Å². The zero-order valence-electron chi connectivity index (χ0n) is 39.3. The highest BCUT2D eigenvalue weighted by atomic mass is 16.4. The average Bonchev–Trinajstić information content (AvgIpc) is 3.13. The third kappa shape index (κ3) is 120. The second-order valence-corrected chi connectivity index (χ2v) is 13.4.